The Hall–Kier alpha value is -3.84. The first kappa shape index (κ1) is 26.8. The fourth-order valence-corrected chi connectivity index (χ4v) is 5.31. The van der Waals surface area contributed by atoms with Crippen LogP contribution in [-0.4, -0.2) is 27.0 Å². The van der Waals surface area contributed by atoms with Crippen LogP contribution in [0, 0.1) is 11.7 Å². The van der Waals surface area contributed by atoms with Crippen LogP contribution in [0.3, 0.4) is 0 Å². The number of aromatic nitrogens is 2. The average molecular weight is 546 g/mol. The van der Waals surface area contributed by atoms with Gasteiger partial charge in [-0.25, -0.2) is 14.4 Å². The zero-order valence-corrected chi connectivity index (χ0v) is 22.3. The molecular weight excluding hydrogens is 517 g/mol. The molecule has 1 aliphatic rings. The maximum Gasteiger partial charge on any atom is 0.306 e. The minimum absolute atomic E-state index is 0.0899. The van der Waals surface area contributed by atoms with Gasteiger partial charge in [0.2, 0.25) is 0 Å². The Morgan fingerprint density at radius 3 is 2.64 bits per heavy atom. The first-order chi connectivity index (χ1) is 18.8. The molecule has 4 aromatic rings. The molecule has 3 aromatic carbocycles. The first-order valence-corrected chi connectivity index (χ1v) is 13.5. The van der Waals surface area contributed by atoms with Gasteiger partial charge in [0.25, 0.3) is 5.91 Å². The maximum absolute atomic E-state index is 13.6. The monoisotopic (exact) mass is 545 g/mol. The summed E-state index contributed by atoms with van der Waals surface area (Å²) < 4.78 is 13.6. The standard InChI is InChI=1S/C31H29ClFN3O3/c1-18(31(38)39)4-2-7-27-29(19-8-12-23(33)13-9-19)35-26-15-10-21(17-28(26)34-27)30(37)36-25-6-3-5-20-16-22(32)11-14-24(20)25/h8-18,25H,2-7H2,1H3,(H,36,37)(H,38,39)/t18?,25-/m1/s1. The summed E-state index contributed by atoms with van der Waals surface area (Å²) in [6.45, 7) is 1.68. The zero-order chi connectivity index (χ0) is 27.5. The van der Waals surface area contributed by atoms with Crippen LogP contribution in [0.2, 0.25) is 5.02 Å². The fraction of sp³-hybridized carbons (Fsp3) is 0.290. The van der Waals surface area contributed by atoms with E-state index in [1.165, 1.54) is 17.7 Å². The molecule has 0 radical (unpaired) electrons. The largest absolute Gasteiger partial charge is 0.481 e. The van der Waals surface area contributed by atoms with Crippen LogP contribution < -0.4 is 5.32 Å². The molecule has 0 saturated carbocycles. The van der Waals surface area contributed by atoms with E-state index in [-0.39, 0.29) is 17.8 Å². The van der Waals surface area contributed by atoms with Crippen molar-refractivity contribution in [2.75, 3.05) is 0 Å². The van der Waals surface area contributed by atoms with Gasteiger partial charge in [0, 0.05) is 16.1 Å². The van der Waals surface area contributed by atoms with Crippen LogP contribution in [-0.2, 0) is 17.6 Å². The number of rotatable bonds is 8. The lowest BCUT2D eigenvalue weighted by atomic mass is 9.87. The molecule has 0 bridgehead atoms. The number of hydrogen-bond donors (Lipinski definition) is 2. The van der Waals surface area contributed by atoms with Crippen molar-refractivity contribution >= 4 is 34.5 Å². The highest BCUT2D eigenvalue weighted by Gasteiger charge is 2.23. The second kappa shape index (κ2) is 11.5. The number of aryl methyl sites for hydroxylation is 2. The van der Waals surface area contributed by atoms with Gasteiger partial charge in [-0.3, -0.25) is 9.59 Å². The van der Waals surface area contributed by atoms with Crippen LogP contribution in [0.5, 0.6) is 0 Å². The van der Waals surface area contributed by atoms with Crippen LogP contribution >= 0.6 is 11.6 Å². The second-order valence-corrected chi connectivity index (χ2v) is 10.6. The van der Waals surface area contributed by atoms with Gasteiger partial charge in [0.05, 0.1) is 34.4 Å². The molecule has 200 valence electrons. The van der Waals surface area contributed by atoms with Gasteiger partial charge in [0.15, 0.2) is 0 Å². The Morgan fingerprint density at radius 2 is 1.87 bits per heavy atom. The minimum atomic E-state index is -0.835. The molecule has 2 N–H and O–H groups in total. The molecule has 0 saturated heterocycles. The van der Waals surface area contributed by atoms with E-state index in [4.69, 9.17) is 21.6 Å². The SMILES string of the molecule is CC(CCCc1nc2cc(C(=O)N[C@@H]3CCCc4cc(Cl)ccc43)ccc2nc1-c1ccc(F)cc1)C(=O)O. The summed E-state index contributed by atoms with van der Waals surface area (Å²) in [5.74, 6) is -1.84. The lowest BCUT2D eigenvalue weighted by Gasteiger charge is -2.26. The highest BCUT2D eigenvalue weighted by Crippen LogP contribution is 2.32. The molecule has 0 spiro atoms. The Kier molecular flexibility index (Phi) is 7.89. The predicted molar refractivity (Wildman–Crippen MR) is 149 cm³/mol. The van der Waals surface area contributed by atoms with Gasteiger partial charge in [-0.15, -0.1) is 0 Å². The van der Waals surface area contributed by atoms with Crippen LogP contribution in [0.4, 0.5) is 4.39 Å². The number of halogens is 2. The number of hydrogen-bond acceptors (Lipinski definition) is 4. The van der Waals surface area contributed by atoms with Crippen molar-refractivity contribution < 1.29 is 19.1 Å². The topological polar surface area (TPSA) is 92.2 Å². The summed E-state index contributed by atoms with van der Waals surface area (Å²) in [4.78, 5) is 34.2. The molecule has 1 aliphatic carbocycles. The van der Waals surface area contributed by atoms with Gasteiger partial charge >= 0.3 is 5.97 Å². The van der Waals surface area contributed by atoms with E-state index in [0.717, 1.165) is 30.4 Å². The number of amides is 1. The third kappa shape index (κ3) is 6.09. The fourth-order valence-electron chi connectivity index (χ4n) is 5.12. The number of carbonyl (C=O) groups is 2. The number of benzene rings is 3. The van der Waals surface area contributed by atoms with Gasteiger partial charge in [-0.1, -0.05) is 24.6 Å². The third-order valence-electron chi connectivity index (χ3n) is 7.31. The zero-order valence-electron chi connectivity index (χ0n) is 21.6. The van der Waals surface area contributed by atoms with E-state index in [9.17, 15) is 19.1 Å². The highest BCUT2D eigenvalue weighted by atomic mass is 35.5. The van der Waals surface area contributed by atoms with Crippen LogP contribution in [0.1, 0.15) is 65.8 Å². The summed E-state index contributed by atoms with van der Waals surface area (Å²) in [6.07, 6.45) is 4.37. The Morgan fingerprint density at radius 1 is 1.08 bits per heavy atom. The molecule has 5 rings (SSSR count). The van der Waals surface area contributed by atoms with Crippen molar-refractivity contribution in [1.82, 2.24) is 15.3 Å². The lowest BCUT2D eigenvalue weighted by Crippen LogP contribution is -2.31. The maximum atomic E-state index is 13.6. The van der Waals surface area contributed by atoms with E-state index in [2.05, 4.69) is 5.32 Å². The second-order valence-electron chi connectivity index (χ2n) is 10.1. The Labute approximate surface area is 231 Å². The summed E-state index contributed by atoms with van der Waals surface area (Å²) >= 11 is 6.17. The average Bonchev–Trinajstić information content (AvgIpc) is 2.92. The van der Waals surface area contributed by atoms with E-state index >= 15 is 0 Å². The summed E-state index contributed by atoms with van der Waals surface area (Å²) in [6, 6.07) is 17.0. The summed E-state index contributed by atoms with van der Waals surface area (Å²) in [5, 5.41) is 13.1. The molecular formula is C31H29ClFN3O3. The Bertz CT molecular complexity index is 1540. The minimum Gasteiger partial charge on any atom is -0.481 e. The Balaban J connectivity index is 1.43. The molecule has 2 atom stereocenters. The number of nitrogens with one attached hydrogen (secondary N) is 1. The summed E-state index contributed by atoms with van der Waals surface area (Å²) in [7, 11) is 0. The molecule has 1 aromatic heterocycles. The molecule has 1 heterocycles. The first-order valence-electron chi connectivity index (χ1n) is 13.2. The quantitative estimate of drug-likeness (QED) is 0.250. The van der Waals surface area contributed by atoms with E-state index in [0.29, 0.717) is 52.3 Å². The van der Waals surface area contributed by atoms with Crippen molar-refractivity contribution in [1.29, 1.82) is 0 Å². The predicted octanol–water partition coefficient (Wildman–Crippen LogP) is 6.94. The number of fused-ring (bicyclic) bond motifs is 2. The number of carbonyl (C=O) groups excluding carboxylic acids is 1. The van der Waals surface area contributed by atoms with Crippen molar-refractivity contribution in [3.05, 3.63) is 93.9 Å². The molecule has 0 aliphatic heterocycles. The molecule has 39 heavy (non-hydrogen) atoms. The van der Waals surface area contributed by atoms with Crippen molar-refractivity contribution in [3.8, 4) is 11.3 Å². The van der Waals surface area contributed by atoms with Crippen LogP contribution in [0.15, 0.2) is 60.7 Å². The van der Waals surface area contributed by atoms with Crippen molar-refractivity contribution in [2.45, 2.75) is 51.5 Å². The highest BCUT2D eigenvalue weighted by molar-refractivity contribution is 6.30. The molecule has 1 amide bonds. The lowest BCUT2D eigenvalue weighted by molar-refractivity contribution is -0.141. The smallest absolute Gasteiger partial charge is 0.306 e. The number of aliphatic carboxylic acids is 1. The normalized spacial score (nSPS) is 15.5. The number of carboxylic acid groups (broad SMARTS) is 1. The van der Waals surface area contributed by atoms with Gasteiger partial charge in [-0.2, -0.15) is 0 Å². The summed E-state index contributed by atoms with van der Waals surface area (Å²) in [5.41, 5.74) is 5.97. The van der Waals surface area contributed by atoms with E-state index < -0.39 is 11.9 Å². The van der Waals surface area contributed by atoms with E-state index in [1.807, 2.05) is 18.2 Å². The van der Waals surface area contributed by atoms with Crippen molar-refractivity contribution in [2.24, 2.45) is 5.92 Å². The van der Waals surface area contributed by atoms with Gasteiger partial charge < -0.3 is 10.4 Å². The van der Waals surface area contributed by atoms with Gasteiger partial charge in [0.1, 0.15) is 5.82 Å². The number of carboxylic acids is 1. The molecule has 6 nitrogen and oxygen atoms in total. The molecule has 1 unspecified atom stereocenters. The van der Waals surface area contributed by atoms with Crippen molar-refractivity contribution in [3.63, 3.8) is 0 Å². The van der Waals surface area contributed by atoms with Crippen LogP contribution in [0.25, 0.3) is 22.3 Å². The van der Waals surface area contributed by atoms with Gasteiger partial charge in [-0.05, 0) is 104 Å². The number of nitrogens with zero attached hydrogens (tertiary/aromatic N) is 2. The molecule has 8 heteroatoms. The molecule has 0 fully saturated rings. The third-order valence-corrected chi connectivity index (χ3v) is 7.55. The van der Waals surface area contributed by atoms with E-state index in [1.54, 1.807) is 37.3 Å².